The van der Waals surface area contributed by atoms with Gasteiger partial charge >= 0.3 is 0 Å². The zero-order chi connectivity index (χ0) is 22.4. The van der Waals surface area contributed by atoms with E-state index in [0.717, 1.165) is 18.2 Å². The highest BCUT2D eigenvalue weighted by atomic mass is 16.7. The molecule has 0 aliphatic carbocycles. The zero-order valence-corrected chi connectivity index (χ0v) is 16.2. The standard InChI is InChI=1S/C21H20O10/c1-8-12(24)7-15(27)21(29-8)31-20-18(28)17-14(26)5-10(22)6-16(17)30-19(20)9-2-3-11(23)13(25)4-9/h2-6,8,12,15,21-27H,7H2,1H3/t8-,12?,15+,21?/m0/s1. The molecular formula is C21H20O10. The topological polar surface area (TPSA) is 170 Å². The fourth-order valence-electron chi connectivity index (χ4n) is 3.40. The predicted molar refractivity (Wildman–Crippen MR) is 106 cm³/mol. The van der Waals surface area contributed by atoms with Gasteiger partial charge in [-0.25, -0.2) is 0 Å². The number of ether oxygens (including phenoxy) is 2. The summed E-state index contributed by atoms with van der Waals surface area (Å²) in [6.45, 7) is 1.57. The number of hydrogen-bond acceptors (Lipinski definition) is 10. The van der Waals surface area contributed by atoms with Gasteiger partial charge in [0.05, 0.1) is 12.2 Å². The summed E-state index contributed by atoms with van der Waals surface area (Å²) in [6.07, 6.45) is -4.27. The Labute approximate surface area is 174 Å². The fourth-order valence-corrected chi connectivity index (χ4v) is 3.40. The average Bonchev–Trinajstić information content (AvgIpc) is 2.69. The Bertz CT molecular complexity index is 1200. The average molecular weight is 432 g/mol. The van der Waals surface area contributed by atoms with Crippen molar-refractivity contribution in [3.05, 3.63) is 40.6 Å². The lowest BCUT2D eigenvalue weighted by Gasteiger charge is -2.35. The van der Waals surface area contributed by atoms with Crippen molar-refractivity contribution in [2.24, 2.45) is 0 Å². The molecule has 1 aliphatic heterocycles. The van der Waals surface area contributed by atoms with E-state index in [1.807, 2.05) is 0 Å². The van der Waals surface area contributed by atoms with Gasteiger partial charge in [-0.1, -0.05) is 0 Å². The summed E-state index contributed by atoms with van der Waals surface area (Å²) in [5.41, 5.74) is -0.854. The highest BCUT2D eigenvalue weighted by molar-refractivity contribution is 5.88. The van der Waals surface area contributed by atoms with Gasteiger partial charge < -0.3 is 44.5 Å². The van der Waals surface area contributed by atoms with E-state index in [1.165, 1.54) is 12.1 Å². The number of aliphatic hydroxyl groups excluding tert-OH is 2. The van der Waals surface area contributed by atoms with Crippen LogP contribution in [0.5, 0.6) is 28.7 Å². The Hall–Kier alpha value is -3.47. The second kappa shape index (κ2) is 7.65. The molecule has 1 aliphatic rings. The zero-order valence-electron chi connectivity index (χ0n) is 16.2. The molecule has 0 saturated carbocycles. The number of benzene rings is 2. The molecule has 0 radical (unpaired) electrons. The van der Waals surface area contributed by atoms with Crippen LogP contribution in [0.25, 0.3) is 22.3 Å². The first kappa shape index (κ1) is 20.8. The minimum absolute atomic E-state index is 0.0563. The molecule has 164 valence electrons. The Morgan fingerprint density at radius 2 is 1.71 bits per heavy atom. The van der Waals surface area contributed by atoms with E-state index in [1.54, 1.807) is 6.92 Å². The molecule has 4 atom stereocenters. The van der Waals surface area contributed by atoms with Crippen molar-refractivity contribution in [2.45, 2.75) is 37.9 Å². The van der Waals surface area contributed by atoms with Crippen LogP contribution in [0, 0.1) is 0 Å². The molecule has 2 aromatic carbocycles. The third kappa shape index (κ3) is 3.72. The lowest BCUT2D eigenvalue weighted by atomic mass is 10.0. The number of phenols is 4. The van der Waals surface area contributed by atoms with Gasteiger partial charge in [-0.2, -0.15) is 0 Å². The van der Waals surface area contributed by atoms with Crippen LogP contribution in [0.3, 0.4) is 0 Å². The van der Waals surface area contributed by atoms with E-state index in [4.69, 9.17) is 13.9 Å². The Morgan fingerprint density at radius 1 is 0.968 bits per heavy atom. The van der Waals surface area contributed by atoms with Gasteiger partial charge in [0, 0.05) is 24.1 Å². The van der Waals surface area contributed by atoms with Gasteiger partial charge in [-0.15, -0.1) is 0 Å². The first-order valence-corrected chi connectivity index (χ1v) is 9.39. The van der Waals surface area contributed by atoms with Crippen LogP contribution < -0.4 is 10.2 Å². The molecule has 1 aromatic heterocycles. The van der Waals surface area contributed by atoms with Gasteiger partial charge in [0.1, 0.15) is 28.6 Å². The summed E-state index contributed by atoms with van der Waals surface area (Å²) in [4.78, 5) is 13.2. The monoisotopic (exact) mass is 432 g/mol. The summed E-state index contributed by atoms with van der Waals surface area (Å²) in [6, 6.07) is 5.72. The van der Waals surface area contributed by atoms with Gasteiger partial charge in [-0.3, -0.25) is 4.79 Å². The Kier molecular flexibility index (Phi) is 5.13. The maximum absolute atomic E-state index is 13.2. The molecule has 6 N–H and O–H groups in total. The van der Waals surface area contributed by atoms with Crippen molar-refractivity contribution < 1.29 is 44.5 Å². The second-order valence-electron chi connectivity index (χ2n) is 7.33. The van der Waals surface area contributed by atoms with Crippen LogP contribution in [-0.4, -0.2) is 55.2 Å². The summed E-state index contributed by atoms with van der Waals surface area (Å²) >= 11 is 0. The quantitative estimate of drug-likeness (QED) is 0.334. The van der Waals surface area contributed by atoms with E-state index in [-0.39, 0.29) is 34.5 Å². The molecule has 2 unspecified atom stereocenters. The minimum atomic E-state index is -1.33. The molecule has 1 fully saturated rings. The minimum Gasteiger partial charge on any atom is -0.508 e. The van der Waals surface area contributed by atoms with Crippen molar-refractivity contribution >= 4 is 11.0 Å². The molecule has 4 rings (SSSR count). The fraction of sp³-hybridized carbons (Fsp3) is 0.286. The number of fused-ring (bicyclic) bond motifs is 1. The summed E-state index contributed by atoms with van der Waals surface area (Å²) in [5, 5.41) is 59.2. The SMILES string of the molecule is C[C@@H]1OC(Oc2c(-c3ccc(O)c(O)c3)oc3cc(O)cc(O)c3c2=O)[C@H](O)CC1O. The predicted octanol–water partition coefficient (Wildman–Crippen LogP) is 1.52. The van der Waals surface area contributed by atoms with Crippen molar-refractivity contribution in [1.29, 1.82) is 0 Å². The lowest BCUT2D eigenvalue weighted by molar-refractivity contribution is -0.229. The van der Waals surface area contributed by atoms with Gasteiger partial charge in [-0.05, 0) is 25.1 Å². The molecule has 0 bridgehead atoms. The third-order valence-electron chi connectivity index (χ3n) is 5.08. The van der Waals surface area contributed by atoms with E-state index < -0.39 is 53.0 Å². The maximum atomic E-state index is 13.2. The molecular weight excluding hydrogens is 412 g/mol. The van der Waals surface area contributed by atoms with E-state index in [0.29, 0.717) is 0 Å². The molecule has 0 spiro atoms. The number of hydrogen-bond donors (Lipinski definition) is 6. The van der Waals surface area contributed by atoms with Crippen LogP contribution >= 0.6 is 0 Å². The van der Waals surface area contributed by atoms with Crippen molar-refractivity contribution in [3.63, 3.8) is 0 Å². The van der Waals surface area contributed by atoms with Gasteiger partial charge in [0.2, 0.25) is 17.5 Å². The smallest absolute Gasteiger partial charge is 0.239 e. The van der Waals surface area contributed by atoms with Crippen LogP contribution in [0.2, 0.25) is 0 Å². The van der Waals surface area contributed by atoms with Crippen molar-refractivity contribution in [2.75, 3.05) is 0 Å². The molecule has 1 saturated heterocycles. The summed E-state index contributed by atoms with van der Waals surface area (Å²) in [7, 11) is 0. The lowest BCUT2D eigenvalue weighted by Crippen LogP contribution is -2.49. The van der Waals surface area contributed by atoms with E-state index in [9.17, 15) is 35.4 Å². The number of aromatic hydroxyl groups is 4. The third-order valence-corrected chi connectivity index (χ3v) is 5.08. The van der Waals surface area contributed by atoms with Crippen LogP contribution in [0.4, 0.5) is 0 Å². The second-order valence-corrected chi connectivity index (χ2v) is 7.33. The number of rotatable bonds is 3. The first-order chi connectivity index (χ1) is 14.7. The van der Waals surface area contributed by atoms with Crippen molar-refractivity contribution in [3.8, 4) is 40.1 Å². The maximum Gasteiger partial charge on any atom is 0.239 e. The Balaban J connectivity index is 1.92. The largest absolute Gasteiger partial charge is 0.508 e. The van der Waals surface area contributed by atoms with Crippen LogP contribution in [0.1, 0.15) is 13.3 Å². The first-order valence-electron chi connectivity index (χ1n) is 9.39. The molecule has 31 heavy (non-hydrogen) atoms. The highest BCUT2D eigenvalue weighted by Crippen LogP contribution is 2.39. The van der Waals surface area contributed by atoms with E-state index >= 15 is 0 Å². The molecule has 2 heterocycles. The Morgan fingerprint density at radius 3 is 2.42 bits per heavy atom. The summed E-state index contributed by atoms with van der Waals surface area (Å²) in [5.74, 6) is -2.44. The molecule has 10 heteroatoms. The van der Waals surface area contributed by atoms with E-state index in [2.05, 4.69) is 0 Å². The van der Waals surface area contributed by atoms with Gasteiger partial charge in [0.15, 0.2) is 17.3 Å². The van der Waals surface area contributed by atoms with Crippen LogP contribution in [0.15, 0.2) is 39.5 Å². The molecule has 10 nitrogen and oxygen atoms in total. The summed E-state index contributed by atoms with van der Waals surface area (Å²) < 4.78 is 16.8. The van der Waals surface area contributed by atoms with Crippen LogP contribution in [-0.2, 0) is 4.74 Å². The number of aliphatic hydroxyl groups is 2. The number of phenolic OH excluding ortho intramolecular Hbond substituents is 4. The van der Waals surface area contributed by atoms with Gasteiger partial charge in [0.25, 0.3) is 0 Å². The molecule has 0 amide bonds. The highest BCUT2D eigenvalue weighted by Gasteiger charge is 2.37. The molecule has 3 aromatic rings. The van der Waals surface area contributed by atoms with Crippen molar-refractivity contribution in [1.82, 2.24) is 0 Å². The normalized spacial score (nSPS) is 23.7.